The van der Waals surface area contributed by atoms with Crippen LogP contribution in [0.3, 0.4) is 0 Å². The lowest BCUT2D eigenvalue weighted by atomic mass is 10.1. The predicted molar refractivity (Wildman–Crippen MR) is 55.1 cm³/mol. The van der Waals surface area contributed by atoms with Crippen LogP contribution in [0.4, 0.5) is 5.95 Å². The van der Waals surface area contributed by atoms with Crippen molar-refractivity contribution in [3.05, 3.63) is 41.7 Å². The van der Waals surface area contributed by atoms with Gasteiger partial charge in [-0.3, -0.25) is 0 Å². The van der Waals surface area contributed by atoms with E-state index in [1.54, 1.807) is 12.1 Å². The van der Waals surface area contributed by atoms with E-state index in [9.17, 15) is 5.11 Å². The minimum absolute atomic E-state index is 0.0694. The molecule has 6 nitrogen and oxygen atoms in total. The first-order valence-electron chi connectivity index (χ1n) is 4.39. The molecule has 0 amide bonds. The average molecular weight is 205 g/mol. The molecule has 2 rings (SSSR count). The zero-order valence-electron chi connectivity index (χ0n) is 7.91. The standard InChI is InChI=1S/C9H11N5O/c10-9-13-12-8(14(9)11)7(15)6-4-2-1-3-5-6/h1-5,7,15H,11H2,(H2,10,13). The van der Waals surface area contributed by atoms with Gasteiger partial charge in [0.05, 0.1) is 0 Å². The predicted octanol–water partition coefficient (Wildman–Crippen LogP) is -0.344. The van der Waals surface area contributed by atoms with Crippen molar-refractivity contribution in [2.24, 2.45) is 0 Å². The van der Waals surface area contributed by atoms with E-state index in [2.05, 4.69) is 10.2 Å². The van der Waals surface area contributed by atoms with Gasteiger partial charge in [0, 0.05) is 0 Å². The lowest BCUT2D eigenvalue weighted by molar-refractivity contribution is 0.207. The van der Waals surface area contributed by atoms with E-state index in [0.29, 0.717) is 5.56 Å². The highest BCUT2D eigenvalue weighted by atomic mass is 16.3. The summed E-state index contributed by atoms with van der Waals surface area (Å²) in [5.74, 6) is 5.84. The molecule has 1 unspecified atom stereocenters. The Kier molecular flexibility index (Phi) is 2.26. The highest BCUT2D eigenvalue weighted by molar-refractivity contribution is 5.26. The van der Waals surface area contributed by atoms with E-state index < -0.39 is 6.10 Å². The number of aromatic nitrogens is 3. The fourth-order valence-corrected chi connectivity index (χ4v) is 1.29. The van der Waals surface area contributed by atoms with E-state index in [4.69, 9.17) is 11.6 Å². The minimum Gasteiger partial charge on any atom is -0.380 e. The maximum Gasteiger partial charge on any atom is 0.240 e. The Morgan fingerprint density at radius 3 is 2.40 bits per heavy atom. The van der Waals surface area contributed by atoms with Crippen molar-refractivity contribution in [1.82, 2.24) is 14.9 Å². The van der Waals surface area contributed by atoms with Crippen molar-refractivity contribution in [2.75, 3.05) is 11.6 Å². The van der Waals surface area contributed by atoms with Crippen LogP contribution in [0.25, 0.3) is 0 Å². The largest absolute Gasteiger partial charge is 0.380 e. The third-order valence-electron chi connectivity index (χ3n) is 2.11. The van der Waals surface area contributed by atoms with Gasteiger partial charge in [-0.2, -0.15) is 0 Å². The molecule has 1 atom stereocenters. The molecule has 6 heteroatoms. The van der Waals surface area contributed by atoms with E-state index in [-0.39, 0.29) is 11.8 Å². The Hall–Kier alpha value is -2.08. The number of hydrogen-bond acceptors (Lipinski definition) is 5. The first kappa shape index (κ1) is 9.47. The van der Waals surface area contributed by atoms with Gasteiger partial charge in [-0.25, -0.2) is 4.68 Å². The second kappa shape index (κ2) is 3.58. The Morgan fingerprint density at radius 1 is 1.20 bits per heavy atom. The second-order valence-electron chi connectivity index (χ2n) is 3.10. The van der Waals surface area contributed by atoms with E-state index in [1.165, 1.54) is 0 Å². The smallest absolute Gasteiger partial charge is 0.240 e. The molecule has 0 radical (unpaired) electrons. The van der Waals surface area contributed by atoms with Crippen LogP contribution >= 0.6 is 0 Å². The van der Waals surface area contributed by atoms with E-state index in [0.717, 1.165) is 4.68 Å². The molecule has 0 spiro atoms. The van der Waals surface area contributed by atoms with E-state index >= 15 is 0 Å². The molecular weight excluding hydrogens is 194 g/mol. The number of benzene rings is 1. The van der Waals surface area contributed by atoms with Crippen LogP contribution in [-0.4, -0.2) is 20.0 Å². The number of aliphatic hydroxyl groups is 1. The summed E-state index contributed by atoms with van der Waals surface area (Å²) in [4.78, 5) is 0. The molecule has 0 aliphatic rings. The average Bonchev–Trinajstić information content (AvgIpc) is 2.60. The first-order valence-corrected chi connectivity index (χ1v) is 4.39. The van der Waals surface area contributed by atoms with Gasteiger partial charge in [0.1, 0.15) is 6.10 Å². The highest BCUT2D eigenvalue weighted by Crippen LogP contribution is 2.19. The third-order valence-corrected chi connectivity index (χ3v) is 2.11. The van der Waals surface area contributed by atoms with Crippen molar-refractivity contribution in [3.8, 4) is 0 Å². The number of anilines is 1. The lowest BCUT2D eigenvalue weighted by Crippen LogP contribution is -2.18. The van der Waals surface area contributed by atoms with Crippen molar-refractivity contribution in [3.63, 3.8) is 0 Å². The van der Waals surface area contributed by atoms with Crippen molar-refractivity contribution >= 4 is 5.95 Å². The summed E-state index contributed by atoms with van der Waals surface area (Å²) in [6.45, 7) is 0. The lowest BCUT2D eigenvalue weighted by Gasteiger charge is -2.09. The number of nitrogen functional groups attached to an aromatic ring is 2. The minimum atomic E-state index is -0.916. The number of rotatable bonds is 2. The topological polar surface area (TPSA) is 103 Å². The van der Waals surface area contributed by atoms with Gasteiger partial charge in [-0.15, -0.1) is 10.2 Å². The van der Waals surface area contributed by atoms with Crippen LogP contribution < -0.4 is 11.6 Å². The summed E-state index contributed by atoms with van der Waals surface area (Å²) in [5, 5.41) is 17.2. The quantitative estimate of drug-likeness (QED) is 0.582. The van der Waals surface area contributed by atoms with Gasteiger partial charge in [0.15, 0.2) is 5.82 Å². The first-order chi connectivity index (χ1) is 7.20. The maximum absolute atomic E-state index is 9.93. The van der Waals surface area contributed by atoms with Gasteiger partial charge in [0.25, 0.3) is 0 Å². The number of hydrogen-bond donors (Lipinski definition) is 3. The number of aliphatic hydroxyl groups excluding tert-OH is 1. The molecule has 2 aromatic rings. The van der Waals surface area contributed by atoms with Gasteiger partial charge in [-0.05, 0) is 5.56 Å². The van der Waals surface area contributed by atoms with Crippen molar-refractivity contribution in [1.29, 1.82) is 0 Å². The Labute approximate surface area is 86.1 Å². The van der Waals surface area contributed by atoms with E-state index in [1.807, 2.05) is 18.2 Å². The van der Waals surface area contributed by atoms with Gasteiger partial charge < -0.3 is 16.7 Å². The molecule has 0 saturated carbocycles. The molecule has 1 aromatic carbocycles. The maximum atomic E-state index is 9.93. The van der Waals surface area contributed by atoms with Crippen molar-refractivity contribution in [2.45, 2.75) is 6.10 Å². The van der Waals surface area contributed by atoms with Crippen LogP contribution in [0, 0.1) is 0 Å². The molecule has 1 heterocycles. The zero-order chi connectivity index (χ0) is 10.8. The highest BCUT2D eigenvalue weighted by Gasteiger charge is 2.17. The molecular formula is C9H11N5O. The van der Waals surface area contributed by atoms with Gasteiger partial charge in [0.2, 0.25) is 5.95 Å². The van der Waals surface area contributed by atoms with Crippen LogP contribution in [0.2, 0.25) is 0 Å². The van der Waals surface area contributed by atoms with Crippen molar-refractivity contribution < 1.29 is 5.11 Å². The third kappa shape index (κ3) is 1.62. The normalized spacial score (nSPS) is 12.6. The summed E-state index contributed by atoms with van der Waals surface area (Å²) in [6, 6.07) is 9.04. The molecule has 0 saturated heterocycles. The van der Waals surface area contributed by atoms with Gasteiger partial charge in [-0.1, -0.05) is 30.3 Å². The van der Waals surface area contributed by atoms with Crippen LogP contribution in [0.1, 0.15) is 17.5 Å². The summed E-state index contributed by atoms with van der Waals surface area (Å²) in [5.41, 5.74) is 6.10. The summed E-state index contributed by atoms with van der Waals surface area (Å²) in [7, 11) is 0. The monoisotopic (exact) mass is 205 g/mol. The molecule has 1 aromatic heterocycles. The summed E-state index contributed by atoms with van der Waals surface area (Å²) >= 11 is 0. The summed E-state index contributed by atoms with van der Waals surface area (Å²) < 4.78 is 1.07. The van der Waals surface area contributed by atoms with Crippen LogP contribution in [0.15, 0.2) is 30.3 Å². The SMILES string of the molecule is Nc1nnc(C(O)c2ccccc2)n1N. The van der Waals surface area contributed by atoms with Crippen LogP contribution in [0.5, 0.6) is 0 Å². The number of nitrogens with two attached hydrogens (primary N) is 2. The summed E-state index contributed by atoms with van der Waals surface area (Å²) in [6.07, 6.45) is -0.916. The molecule has 0 aliphatic heterocycles. The molecule has 15 heavy (non-hydrogen) atoms. The molecule has 0 fully saturated rings. The van der Waals surface area contributed by atoms with Crippen LogP contribution in [-0.2, 0) is 0 Å². The fourth-order valence-electron chi connectivity index (χ4n) is 1.29. The molecule has 0 bridgehead atoms. The molecule has 78 valence electrons. The Balaban J connectivity index is 2.37. The number of nitrogens with zero attached hydrogens (tertiary/aromatic N) is 3. The fraction of sp³-hybridized carbons (Fsp3) is 0.111. The molecule has 5 N–H and O–H groups in total. The zero-order valence-corrected chi connectivity index (χ0v) is 7.91. The molecule has 0 aliphatic carbocycles. The van der Waals surface area contributed by atoms with Gasteiger partial charge >= 0.3 is 0 Å². The second-order valence-corrected chi connectivity index (χ2v) is 3.10. The Bertz CT molecular complexity index is 453. The Morgan fingerprint density at radius 2 is 1.87 bits per heavy atom.